The summed E-state index contributed by atoms with van der Waals surface area (Å²) in [5.74, 6) is -1.22. The monoisotopic (exact) mass is 309 g/mol. The summed E-state index contributed by atoms with van der Waals surface area (Å²) in [6.45, 7) is 5.57. The molecule has 6 nitrogen and oxygen atoms in total. The third-order valence-electron chi connectivity index (χ3n) is 2.81. The van der Waals surface area contributed by atoms with E-state index in [-0.39, 0.29) is 31.1 Å². The number of carbonyl (C=O) groups excluding carboxylic acids is 1. The number of esters is 1. The van der Waals surface area contributed by atoms with Crippen LogP contribution in [0.3, 0.4) is 0 Å². The number of carboxylic acid groups (broad SMARTS) is 1. The van der Waals surface area contributed by atoms with Crippen molar-refractivity contribution in [2.24, 2.45) is 0 Å². The van der Waals surface area contributed by atoms with Crippen molar-refractivity contribution in [1.82, 2.24) is 5.32 Å². The second-order valence-corrected chi connectivity index (χ2v) is 6.05. The first-order valence-corrected chi connectivity index (χ1v) is 7.13. The molecule has 1 rings (SSSR count). The Kier molecular flexibility index (Phi) is 6.37. The summed E-state index contributed by atoms with van der Waals surface area (Å²) in [6, 6.07) is 5.55. The maximum absolute atomic E-state index is 11.6. The quantitative estimate of drug-likeness (QED) is 0.664. The lowest BCUT2D eigenvalue weighted by molar-refractivity contribution is -0.155. The fourth-order valence-corrected chi connectivity index (χ4v) is 1.86. The van der Waals surface area contributed by atoms with Gasteiger partial charge in [-0.05, 0) is 44.9 Å². The topological polar surface area (TPSA) is 95.9 Å². The highest BCUT2D eigenvalue weighted by atomic mass is 16.6. The number of carboxylic acids is 1. The van der Waals surface area contributed by atoms with Crippen LogP contribution in [0.2, 0.25) is 0 Å². The van der Waals surface area contributed by atoms with Gasteiger partial charge in [0.05, 0.1) is 6.42 Å². The Morgan fingerprint density at radius 1 is 1.23 bits per heavy atom. The van der Waals surface area contributed by atoms with E-state index in [0.717, 1.165) is 5.56 Å². The van der Waals surface area contributed by atoms with Crippen molar-refractivity contribution in [2.45, 2.75) is 45.3 Å². The number of phenols is 1. The number of nitrogens with one attached hydrogen (secondary N) is 1. The van der Waals surface area contributed by atoms with Gasteiger partial charge in [0.25, 0.3) is 0 Å². The van der Waals surface area contributed by atoms with Gasteiger partial charge in [-0.2, -0.15) is 0 Å². The third-order valence-corrected chi connectivity index (χ3v) is 2.81. The largest absolute Gasteiger partial charge is 0.508 e. The van der Waals surface area contributed by atoms with Gasteiger partial charge in [-0.1, -0.05) is 12.1 Å². The van der Waals surface area contributed by atoms with Crippen molar-refractivity contribution in [1.29, 1.82) is 0 Å². The number of ether oxygens (including phenoxy) is 1. The summed E-state index contributed by atoms with van der Waals surface area (Å²) in [6.07, 6.45) is 0.376. The minimum absolute atomic E-state index is 0.108. The molecule has 1 aromatic carbocycles. The highest BCUT2D eigenvalue weighted by Gasteiger charge is 2.19. The number of hydrogen-bond donors (Lipinski definition) is 3. The molecular weight excluding hydrogens is 286 g/mol. The van der Waals surface area contributed by atoms with Crippen LogP contribution in [0.25, 0.3) is 0 Å². The lowest BCUT2D eigenvalue weighted by Gasteiger charge is -2.20. The summed E-state index contributed by atoms with van der Waals surface area (Å²) >= 11 is 0. The Balaban J connectivity index is 2.46. The van der Waals surface area contributed by atoms with Crippen LogP contribution in [0.15, 0.2) is 24.3 Å². The van der Waals surface area contributed by atoms with Crippen molar-refractivity contribution in [2.75, 3.05) is 6.54 Å². The van der Waals surface area contributed by atoms with Crippen LogP contribution in [0.4, 0.5) is 0 Å². The Morgan fingerprint density at radius 2 is 1.82 bits per heavy atom. The fraction of sp³-hybridized carbons (Fsp3) is 0.500. The second kappa shape index (κ2) is 7.79. The molecule has 0 aliphatic heterocycles. The third kappa shape index (κ3) is 7.08. The van der Waals surface area contributed by atoms with Crippen LogP contribution in [0.1, 0.15) is 32.8 Å². The zero-order chi connectivity index (χ0) is 16.8. The molecule has 3 N–H and O–H groups in total. The molecule has 0 aliphatic carbocycles. The lowest BCUT2D eigenvalue weighted by atomic mass is 10.1. The highest BCUT2D eigenvalue weighted by Crippen LogP contribution is 2.12. The Morgan fingerprint density at radius 3 is 2.32 bits per heavy atom. The van der Waals surface area contributed by atoms with E-state index in [1.54, 1.807) is 32.9 Å². The second-order valence-electron chi connectivity index (χ2n) is 6.05. The molecule has 0 bridgehead atoms. The number of benzene rings is 1. The van der Waals surface area contributed by atoms with Crippen molar-refractivity contribution >= 4 is 11.9 Å². The zero-order valence-electron chi connectivity index (χ0n) is 13.1. The van der Waals surface area contributed by atoms with E-state index in [2.05, 4.69) is 5.32 Å². The number of aliphatic carboxylic acids is 1. The highest BCUT2D eigenvalue weighted by molar-refractivity contribution is 5.74. The predicted molar refractivity (Wildman–Crippen MR) is 81.7 cm³/mol. The van der Waals surface area contributed by atoms with E-state index >= 15 is 0 Å². The van der Waals surface area contributed by atoms with Crippen LogP contribution >= 0.6 is 0 Å². The van der Waals surface area contributed by atoms with Crippen LogP contribution in [-0.4, -0.2) is 40.3 Å². The van der Waals surface area contributed by atoms with Crippen LogP contribution in [0, 0.1) is 0 Å². The molecule has 0 heterocycles. The number of hydrogen-bond acceptors (Lipinski definition) is 5. The average Bonchev–Trinajstić information content (AvgIpc) is 2.37. The standard InChI is InChI=1S/C16H23NO5/c1-16(2,3)22-14(19)8-9-17-13(15(20)21)10-11-4-6-12(18)7-5-11/h4-7,13,17-18H,8-10H2,1-3H3,(H,20,21)/t13-/m0/s1. The minimum atomic E-state index is -0.989. The molecule has 6 heteroatoms. The van der Waals surface area contributed by atoms with Crippen LogP contribution in [0.5, 0.6) is 5.75 Å². The average molecular weight is 309 g/mol. The van der Waals surface area contributed by atoms with Gasteiger partial charge < -0.3 is 20.3 Å². The summed E-state index contributed by atoms with van der Waals surface area (Å²) in [5, 5.41) is 21.3. The van der Waals surface area contributed by atoms with Gasteiger partial charge in [0.15, 0.2) is 0 Å². The summed E-state index contributed by atoms with van der Waals surface area (Å²) in [4.78, 5) is 22.8. The van der Waals surface area contributed by atoms with E-state index in [9.17, 15) is 19.8 Å². The molecule has 0 aromatic heterocycles. The molecule has 0 amide bonds. The SMILES string of the molecule is CC(C)(C)OC(=O)CCN[C@@H](Cc1ccc(O)cc1)C(=O)O. The lowest BCUT2D eigenvalue weighted by Crippen LogP contribution is -2.40. The summed E-state index contributed by atoms with van der Waals surface area (Å²) in [7, 11) is 0. The predicted octanol–water partition coefficient (Wildman–Crippen LogP) is 1.71. The Hall–Kier alpha value is -2.08. The van der Waals surface area contributed by atoms with Gasteiger partial charge in [0.2, 0.25) is 0 Å². The van der Waals surface area contributed by atoms with E-state index < -0.39 is 17.6 Å². The molecule has 22 heavy (non-hydrogen) atoms. The van der Waals surface area contributed by atoms with E-state index in [1.165, 1.54) is 12.1 Å². The Labute approximate surface area is 130 Å². The van der Waals surface area contributed by atoms with Gasteiger partial charge in [-0.3, -0.25) is 9.59 Å². The van der Waals surface area contributed by atoms with Crippen LogP contribution in [-0.2, 0) is 20.7 Å². The van der Waals surface area contributed by atoms with E-state index in [1.807, 2.05) is 0 Å². The molecular formula is C16H23NO5. The molecule has 0 saturated carbocycles. The molecule has 0 spiro atoms. The molecule has 0 radical (unpaired) electrons. The molecule has 0 aliphatic rings. The first kappa shape index (κ1) is 18.0. The molecule has 1 aromatic rings. The summed E-state index contributed by atoms with van der Waals surface area (Å²) in [5.41, 5.74) is 0.241. The normalized spacial score (nSPS) is 12.7. The van der Waals surface area contributed by atoms with Crippen molar-refractivity contribution in [3.05, 3.63) is 29.8 Å². The number of rotatable bonds is 7. The van der Waals surface area contributed by atoms with E-state index in [0.29, 0.717) is 0 Å². The fourth-order valence-electron chi connectivity index (χ4n) is 1.86. The van der Waals surface area contributed by atoms with Crippen molar-refractivity contribution < 1.29 is 24.5 Å². The molecule has 1 atom stereocenters. The van der Waals surface area contributed by atoms with Gasteiger partial charge in [0.1, 0.15) is 17.4 Å². The number of carbonyl (C=O) groups is 2. The first-order valence-electron chi connectivity index (χ1n) is 7.13. The zero-order valence-corrected chi connectivity index (χ0v) is 13.1. The maximum atomic E-state index is 11.6. The van der Waals surface area contributed by atoms with Gasteiger partial charge in [0, 0.05) is 6.54 Å². The smallest absolute Gasteiger partial charge is 0.321 e. The molecule has 0 unspecified atom stereocenters. The minimum Gasteiger partial charge on any atom is -0.508 e. The summed E-state index contributed by atoms with van der Waals surface area (Å²) < 4.78 is 5.16. The maximum Gasteiger partial charge on any atom is 0.321 e. The van der Waals surface area contributed by atoms with Gasteiger partial charge in [-0.25, -0.2) is 0 Å². The number of aromatic hydroxyl groups is 1. The first-order chi connectivity index (χ1) is 10.2. The Bertz CT molecular complexity index is 504. The van der Waals surface area contributed by atoms with Crippen molar-refractivity contribution in [3.8, 4) is 5.75 Å². The van der Waals surface area contributed by atoms with Gasteiger partial charge in [-0.15, -0.1) is 0 Å². The van der Waals surface area contributed by atoms with Crippen molar-refractivity contribution in [3.63, 3.8) is 0 Å². The molecule has 122 valence electrons. The molecule has 0 saturated heterocycles. The van der Waals surface area contributed by atoms with Gasteiger partial charge >= 0.3 is 11.9 Å². The van der Waals surface area contributed by atoms with Crippen LogP contribution < -0.4 is 5.32 Å². The number of phenolic OH excluding ortho intramolecular Hbond substituents is 1. The molecule has 0 fully saturated rings. The van der Waals surface area contributed by atoms with E-state index in [4.69, 9.17) is 4.74 Å².